The van der Waals surface area contributed by atoms with Crippen LogP contribution in [0.3, 0.4) is 0 Å². The third kappa shape index (κ3) is 5.26. The van der Waals surface area contributed by atoms with Crippen LogP contribution in [0.2, 0.25) is 0 Å². The van der Waals surface area contributed by atoms with Gasteiger partial charge in [0, 0.05) is 37.3 Å². The molecule has 0 radical (unpaired) electrons. The summed E-state index contributed by atoms with van der Waals surface area (Å²) in [6, 6.07) is 12.9. The Hall–Kier alpha value is -2.16. The molecule has 0 bridgehead atoms. The van der Waals surface area contributed by atoms with E-state index in [0.29, 0.717) is 6.54 Å². The zero-order chi connectivity index (χ0) is 19.4. The van der Waals surface area contributed by atoms with Gasteiger partial charge in [0.05, 0.1) is 12.2 Å². The Labute approximate surface area is 187 Å². The van der Waals surface area contributed by atoms with Gasteiger partial charge >= 0.3 is 0 Å². The van der Waals surface area contributed by atoms with E-state index >= 15 is 0 Å². The Morgan fingerprint density at radius 2 is 2.07 bits per heavy atom. The van der Waals surface area contributed by atoms with Crippen molar-refractivity contribution in [3.8, 4) is 0 Å². The number of fused-ring (bicyclic) bond motifs is 1. The smallest absolute Gasteiger partial charge is 0.191 e. The average molecular weight is 507 g/mol. The molecule has 2 aromatic heterocycles. The molecule has 0 unspecified atom stereocenters. The molecule has 4 rings (SSSR count). The van der Waals surface area contributed by atoms with Crippen molar-refractivity contribution in [1.82, 2.24) is 20.0 Å². The number of imidazole rings is 1. The summed E-state index contributed by atoms with van der Waals surface area (Å²) in [5, 5.41) is 6.69. The Morgan fingerprint density at radius 3 is 2.79 bits per heavy atom. The van der Waals surface area contributed by atoms with Crippen LogP contribution in [-0.2, 0) is 11.8 Å². The Kier molecular flexibility index (Phi) is 7.10. The molecular formula is C22H27FIN5. The van der Waals surface area contributed by atoms with Gasteiger partial charge in [-0.05, 0) is 49.6 Å². The summed E-state index contributed by atoms with van der Waals surface area (Å²) < 4.78 is 15.6. The van der Waals surface area contributed by atoms with Crippen LogP contribution in [-0.4, -0.2) is 35.0 Å². The second-order valence-electron chi connectivity index (χ2n) is 7.36. The maximum atomic E-state index is 13.6. The molecule has 3 aromatic rings. The van der Waals surface area contributed by atoms with E-state index in [2.05, 4.69) is 28.7 Å². The molecule has 1 aliphatic rings. The van der Waals surface area contributed by atoms with E-state index in [1.54, 1.807) is 12.1 Å². The fourth-order valence-corrected chi connectivity index (χ4v) is 3.50. The van der Waals surface area contributed by atoms with Gasteiger partial charge in [-0.2, -0.15) is 0 Å². The predicted molar refractivity (Wildman–Crippen MR) is 126 cm³/mol. The highest BCUT2D eigenvalue weighted by Crippen LogP contribution is 2.48. The largest absolute Gasteiger partial charge is 0.357 e. The van der Waals surface area contributed by atoms with Crippen molar-refractivity contribution in [2.75, 3.05) is 19.6 Å². The van der Waals surface area contributed by atoms with E-state index < -0.39 is 0 Å². The summed E-state index contributed by atoms with van der Waals surface area (Å²) >= 11 is 0. The number of aromatic nitrogens is 2. The number of guanidine groups is 1. The molecule has 154 valence electrons. The van der Waals surface area contributed by atoms with Crippen LogP contribution < -0.4 is 10.6 Å². The second-order valence-corrected chi connectivity index (χ2v) is 7.36. The molecule has 5 nitrogen and oxygen atoms in total. The molecule has 1 saturated carbocycles. The van der Waals surface area contributed by atoms with E-state index in [-0.39, 0.29) is 35.2 Å². The Morgan fingerprint density at radius 1 is 1.21 bits per heavy atom. The topological polar surface area (TPSA) is 53.7 Å². The van der Waals surface area contributed by atoms with Gasteiger partial charge in [-0.3, -0.25) is 4.99 Å². The molecule has 2 N–H and O–H groups in total. The van der Waals surface area contributed by atoms with Crippen molar-refractivity contribution < 1.29 is 4.39 Å². The van der Waals surface area contributed by atoms with Crippen molar-refractivity contribution >= 4 is 35.6 Å². The number of halogens is 2. The molecule has 0 saturated heterocycles. The van der Waals surface area contributed by atoms with Crippen molar-refractivity contribution in [1.29, 1.82) is 0 Å². The fraction of sp³-hybridized carbons (Fsp3) is 0.364. The van der Waals surface area contributed by atoms with Crippen molar-refractivity contribution in [3.63, 3.8) is 0 Å². The Balaban J connectivity index is 0.00000240. The molecular weight excluding hydrogens is 480 g/mol. The number of rotatable bonds is 7. The van der Waals surface area contributed by atoms with E-state index in [0.717, 1.165) is 55.2 Å². The van der Waals surface area contributed by atoms with Gasteiger partial charge in [0.25, 0.3) is 0 Å². The van der Waals surface area contributed by atoms with E-state index in [4.69, 9.17) is 4.99 Å². The van der Waals surface area contributed by atoms with Gasteiger partial charge in [0.1, 0.15) is 11.5 Å². The van der Waals surface area contributed by atoms with Crippen molar-refractivity contribution in [2.24, 2.45) is 4.99 Å². The highest BCUT2D eigenvalue weighted by Gasteiger charge is 2.44. The zero-order valence-electron chi connectivity index (χ0n) is 16.6. The molecule has 1 fully saturated rings. The first kappa shape index (κ1) is 21.5. The number of aliphatic imine (C=N–C) groups is 1. The third-order valence-corrected chi connectivity index (χ3v) is 5.26. The lowest BCUT2D eigenvalue weighted by Crippen LogP contribution is -2.39. The number of benzene rings is 1. The number of pyridine rings is 1. The fourth-order valence-electron chi connectivity index (χ4n) is 3.50. The molecule has 0 atom stereocenters. The number of hydrogen-bond donors (Lipinski definition) is 2. The van der Waals surface area contributed by atoms with E-state index in [1.807, 2.05) is 34.9 Å². The molecule has 1 aromatic carbocycles. The second kappa shape index (κ2) is 9.56. The molecule has 2 heterocycles. The monoisotopic (exact) mass is 507 g/mol. The van der Waals surface area contributed by atoms with Crippen LogP contribution in [0.5, 0.6) is 0 Å². The van der Waals surface area contributed by atoms with Gasteiger partial charge in [0.2, 0.25) is 0 Å². The third-order valence-electron chi connectivity index (χ3n) is 5.26. The van der Waals surface area contributed by atoms with Crippen LogP contribution >= 0.6 is 24.0 Å². The van der Waals surface area contributed by atoms with Gasteiger partial charge < -0.3 is 15.0 Å². The predicted octanol–water partition coefficient (Wildman–Crippen LogP) is 3.92. The summed E-state index contributed by atoms with van der Waals surface area (Å²) in [7, 11) is 0. The van der Waals surface area contributed by atoms with Crippen LogP contribution in [0.15, 0.2) is 59.9 Å². The summed E-state index contributed by atoms with van der Waals surface area (Å²) in [5.41, 5.74) is 3.06. The molecule has 0 amide bonds. The van der Waals surface area contributed by atoms with E-state index in [9.17, 15) is 4.39 Å². The van der Waals surface area contributed by atoms with Crippen molar-refractivity contribution in [2.45, 2.75) is 31.6 Å². The van der Waals surface area contributed by atoms with Gasteiger partial charge in [-0.15, -0.1) is 24.0 Å². The molecule has 29 heavy (non-hydrogen) atoms. The first-order valence-electron chi connectivity index (χ1n) is 9.89. The Bertz CT molecular complexity index is 947. The normalized spacial score (nSPS) is 15.0. The molecule has 0 aliphatic heterocycles. The van der Waals surface area contributed by atoms with Gasteiger partial charge in [0.15, 0.2) is 5.96 Å². The summed E-state index contributed by atoms with van der Waals surface area (Å²) in [6.45, 7) is 4.27. The average Bonchev–Trinajstić information content (AvgIpc) is 3.38. The summed E-state index contributed by atoms with van der Waals surface area (Å²) in [5.74, 6) is 0.624. The molecule has 0 spiro atoms. The maximum Gasteiger partial charge on any atom is 0.191 e. The number of hydrogen-bond acceptors (Lipinski definition) is 2. The van der Waals surface area contributed by atoms with Crippen molar-refractivity contribution in [3.05, 3.63) is 71.9 Å². The first-order chi connectivity index (χ1) is 13.7. The number of nitrogens with one attached hydrogen (secondary N) is 2. The SMILES string of the molecule is CCNC(=NCC1(c2cccc(F)c2)CC1)NCCc1cn2ccccc2n1.I. The van der Waals surface area contributed by atoms with Gasteiger partial charge in [-0.25, -0.2) is 9.37 Å². The quantitative estimate of drug-likeness (QED) is 0.290. The van der Waals surface area contributed by atoms with Crippen LogP contribution in [0.1, 0.15) is 31.0 Å². The molecule has 1 aliphatic carbocycles. The summed E-state index contributed by atoms with van der Waals surface area (Å²) in [6.07, 6.45) is 7.00. The minimum atomic E-state index is -0.176. The van der Waals surface area contributed by atoms with Crippen LogP contribution in [0.4, 0.5) is 4.39 Å². The number of nitrogens with zero attached hydrogens (tertiary/aromatic N) is 3. The standard InChI is InChI=1S/C22H26FN5.HI/c1-2-24-21(25-12-9-19-15-28-13-4-3-8-20(28)27-19)26-16-22(10-11-22)17-6-5-7-18(23)14-17;/h3-8,13-15H,2,9-12,16H2,1H3,(H2,24,25,26);1H. The minimum absolute atomic E-state index is 0. The highest BCUT2D eigenvalue weighted by molar-refractivity contribution is 14.0. The first-order valence-corrected chi connectivity index (χ1v) is 9.89. The maximum absolute atomic E-state index is 13.6. The minimum Gasteiger partial charge on any atom is -0.357 e. The highest BCUT2D eigenvalue weighted by atomic mass is 127. The zero-order valence-corrected chi connectivity index (χ0v) is 18.9. The van der Waals surface area contributed by atoms with Crippen LogP contribution in [0.25, 0.3) is 5.65 Å². The lowest BCUT2D eigenvalue weighted by atomic mass is 9.96. The lowest BCUT2D eigenvalue weighted by molar-refractivity contribution is 0.615. The van der Waals surface area contributed by atoms with E-state index in [1.165, 1.54) is 6.07 Å². The summed E-state index contributed by atoms with van der Waals surface area (Å²) in [4.78, 5) is 9.40. The van der Waals surface area contributed by atoms with Crippen LogP contribution in [0, 0.1) is 5.82 Å². The lowest BCUT2D eigenvalue weighted by Gasteiger charge is -2.16. The molecule has 7 heteroatoms. The van der Waals surface area contributed by atoms with Gasteiger partial charge in [-0.1, -0.05) is 18.2 Å².